The van der Waals surface area contributed by atoms with Crippen molar-refractivity contribution < 1.29 is 14.3 Å². The number of carbonyl (C=O) groups excluding carboxylic acids is 1. The number of rotatable bonds is 6. The summed E-state index contributed by atoms with van der Waals surface area (Å²) in [4.78, 5) is 16.2. The molecule has 0 bridgehead atoms. The van der Waals surface area contributed by atoms with Crippen molar-refractivity contribution in [3.8, 4) is 0 Å². The predicted octanol–water partition coefficient (Wildman–Crippen LogP) is 2.02. The summed E-state index contributed by atoms with van der Waals surface area (Å²) in [5, 5.41) is 9.14. The topological polar surface area (TPSA) is 43.8 Å². The van der Waals surface area contributed by atoms with Crippen LogP contribution in [0, 0.1) is 5.82 Å². The predicted molar refractivity (Wildman–Crippen MR) is 83.8 cm³/mol. The summed E-state index contributed by atoms with van der Waals surface area (Å²) >= 11 is 0. The molecule has 1 aliphatic rings. The number of likely N-dealkylation sites (N-methyl/N-ethyl adjacent to an activating group) is 1. The van der Waals surface area contributed by atoms with Crippen LogP contribution in [-0.2, 0) is 11.3 Å². The first-order valence-corrected chi connectivity index (χ1v) is 7.93. The van der Waals surface area contributed by atoms with Crippen LogP contribution in [0.3, 0.4) is 0 Å². The van der Waals surface area contributed by atoms with E-state index in [2.05, 4.69) is 4.90 Å². The van der Waals surface area contributed by atoms with Crippen molar-refractivity contribution >= 4 is 5.91 Å². The molecule has 22 heavy (non-hydrogen) atoms. The van der Waals surface area contributed by atoms with Gasteiger partial charge in [-0.3, -0.25) is 9.69 Å². The summed E-state index contributed by atoms with van der Waals surface area (Å²) < 4.78 is 12.9. The van der Waals surface area contributed by atoms with Gasteiger partial charge in [0, 0.05) is 26.2 Å². The lowest BCUT2D eigenvalue weighted by molar-refractivity contribution is -0.132. The SMILES string of the molecule is CN(Cc1ccc(F)cc1)C(=O)CN1CCCCC1CCO. The Labute approximate surface area is 131 Å². The van der Waals surface area contributed by atoms with Crippen molar-refractivity contribution in [2.24, 2.45) is 0 Å². The highest BCUT2D eigenvalue weighted by molar-refractivity contribution is 5.78. The van der Waals surface area contributed by atoms with Crippen LogP contribution in [0.15, 0.2) is 24.3 Å². The van der Waals surface area contributed by atoms with Gasteiger partial charge in [0.25, 0.3) is 0 Å². The molecule has 5 heteroatoms. The molecule has 1 aromatic rings. The van der Waals surface area contributed by atoms with Gasteiger partial charge in [0.15, 0.2) is 0 Å². The van der Waals surface area contributed by atoms with Gasteiger partial charge in [0.1, 0.15) is 5.82 Å². The molecule has 2 rings (SSSR count). The number of nitrogens with zero attached hydrogens (tertiary/aromatic N) is 2. The smallest absolute Gasteiger partial charge is 0.236 e. The molecule has 1 N–H and O–H groups in total. The molecule has 1 fully saturated rings. The first-order valence-electron chi connectivity index (χ1n) is 7.93. The molecule has 1 atom stereocenters. The van der Waals surface area contributed by atoms with Crippen LogP contribution in [0.2, 0.25) is 0 Å². The fourth-order valence-electron chi connectivity index (χ4n) is 2.99. The minimum Gasteiger partial charge on any atom is -0.396 e. The monoisotopic (exact) mass is 308 g/mol. The van der Waals surface area contributed by atoms with Gasteiger partial charge in [0.05, 0.1) is 6.54 Å². The highest BCUT2D eigenvalue weighted by Crippen LogP contribution is 2.19. The molecular weight excluding hydrogens is 283 g/mol. The van der Waals surface area contributed by atoms with Gasteiger partial charge in [0.2, 0.25) is 5.91 Å². The van der Waals surface area contributed by atoms with Crippen LogP contribution >= 0.6 is 0 Å². The van der Waals surface area contributed by atoms with E-state index in [-0.39, 0.29) is 18.3 Å². The zero-order valence-electron chi connectivity index (χ0n) is 13.2. The van der Waals surface area contributed by atoms with E-state index in [1.165, 1.54) is 18.6 Å². The third-order valence-electron chi connectivity index (χ3n) is 4.31. The number of hydrogen-bond donors (Lipinski definition) is 1. The molecule has 1 aliphatic heterocycles. The number of likely N-dealkylation sites (tertiary alicyclic amines) is 1. The average Bonchev–Trinajstić information content (AvgIpc) is 2.51. The number of aliphatic hydroxyl groups is 1. The average molecular weight is 308 g/mol. The quantitative estimate of drug-likeness (QED) is 0.874. The first-order chi connectivity index (χ1) is 10.6. The Hall–Kier alpha value is -1.46. The Morgan fingerprint density at radius 2 is 2.09 bits per heavy atom. The summed E-state index contributed by atoms with van der Waals surface area (Å²) in [6, 6.07) is 6.54. The van der Waals surface area contributed by atoms with E-state index < -0.39 is 0 Å². The molecule has 0 aliphatic carbocycles. The summed E-state index contributed by atoms with van der Waals surface area (Å²) in [5.74, 6) is -0.202. The van der Waals surface area contributed by atoms with E-state index in [0.29, 0.717) is 19.1 Å². The second-order valence-corrected chi connectivity index (χ2v) is 6.01. The molecule has 1 saturated heterocycles. The minimum atomic E-state index is -0.266. The van der Waals surface area contributed by atoms with E-state index in [0.717, 1.165) is 31.4 Å². The Morgan fingerprint density at radius 3 is 2.77 bits per heavy atom. The molecule has 1 unspecified atom stereocenters. The van der Waals surface area contributed by atoms with Crippen molar-refractivity contribution in [2.75, 3.05) is 26.7 Å². The van der Waals surface area contributed by atoms with Crippen molar-refractivity contribution in [2.45, 2.75) is 38.3 Å². The van der Waals surface area contributed by atoms with Crippen LogP contribution in [-0.4, -0.2) is 53.6 Å². The number of aliphatic hydroxyl groups excluding tert-OH is 1. The van der Waals surface area contributed by atoms with Gasteiger partial charge in [-0.05, 0) is 43.5 Å². The van der Waals surface area contributed by atoms with Crippen molar-refractivity contribution in [1.29, 1.82) is 0 Å². The summed E-state index contributed by atoms with van der Waals surface area (Å²) in [5.41, 5.74) is 0.919. The number of amides is 1. The maximum Gasteiger partial charge on any atom is 0.236 e. The maximum absolute atomic E-state index is 12.9. The second kappa shape index (κ2) is 8.25. The highest BCUT2D eigenvalue weighted by Gasteiger charge is 2.24. The number of halogens is 1. The zero-order valence-corrected chi connectivity index (χ0v) is 13.2. The fourth-order valence-corrected chi connectivity index (χ4v) is 2.99. The van der Waals surface area contributed by atoms with E-state index in [1.54, 1.807) is 24.1 Å². The largest absolute Gasteiger partial charge is 0.396 e. The van der Waals surface area contributed by atoms with Gasteiger partial charge in [-0.25, -0.2) is 4.39 Å². The number of piperidine rings is 1. The van der Waals surface area contributed by atoms with Gasteiger partial charge in [-0.1, -0.05) is 18.6 Å². The fraction of sp³-hybridized carbons (Fsp3) is 0.588. The van der Waals surface area contributed by atoms with Gasteiger partial charge in [-0.2, -0.15) is 0 Å². The maximum atomic E-state index is 12.9. The molecule has 4 nitrogen and oxygen atoms in total. The molecule has 0 saturated carbocycles. The molecule has 1 amide bonds. The molecule has 1 aromatic carbocycles. The Morgan fingerprint density at radius 1 is 1.36 bits per heavy atom. The van der Waals surface area contributed by atoms with Gasteiger partial charge < -0.3 is 10.0 Å². The minimum absolute atomic E-state index is 0.0640. The first kappa shape index (κ1) is 16.9. The molecule has 1 heterocycles. The second-order valence-electron chi connectivity index (χ2n) is 6.01. The van der Waals surface area contributed by atoms with Crippen molar-refractivity contribution in [3.63, 3.8) is 0 Å². The number of hydrogen-bond acceptors (Lipinski definition) is 3. The van der Waals surface area contributed by atoms with E-state index in [9.17, 15) is 9.18 Å². The molecule has 0 aromatic heterocycles. The Balaban J connectivity index is 1.88. The van der Waals surface area contributed by atoms with Gasteiger partial charge >= 0.3 is 0 Å². The van der Waals surface area contributed by atoms with Crippen LogP contribution in [0.25, 0.3) is 0 Å². The summed E-state index contributed by atoms with van der Waals surface area (Å²) in [7, 11) is 1.77. The van der Waals surface area contributed by atoms with E-state index in [4.69, 9.17) is 5.11 Å². The van der Waals surface area contributed by atoms with Crippen molar-refractivity contribution in [1.82, 2.24) is 9.80 Å². The van der Waals surface area contributed by atoms with E-state index in [1.807, 2.05) is 0 Å². The van der Waals surface area contributed by atoms with Gasteiger partial charge in [-0.15, -0.1) is 0 Å². The normalized spacial score (nSPS) is 19.1. The third-order valence-corrected chi connectivity index (χ3v) is 4.31. The lowest BCUT2D eigenvalue weighted by Gasteiger charge is -2.35. The van der Waals surface area contributed by atoms with E-state index >= 15 is 0 Å². The standard InChI is InChI=1S/C17H25FN2O2/c1-19(12-14-5-7-15(18)8-6-14)17(22)13-20-10-3-2-4-16(20)9-11-21/h5-8,16,21H,2-4,9-13H2,1H3. The summed E-state index contributed by atoms with van der Waals surface area (Å²) in [6.07, 6.45) is 4.06. The number of carbonyl (C=O) groups is 1. The third kappa shape index (κ3) is 4.78. The van der Waals surface area contributed by atoms with Crippen LogP contribution in [0.4, 0.5) is 4.39 Å². The van der Waals surface area contributed by atoms with Crippen LogP contribution in [0.5, 0.6) is 0 Å². The van der Waals surface area contributed by atoms with Crippen LogP contribution in [0.1, 0.15) is 31.2 Å². The molecule has 0 radical (unpaired) electrons. The summed E-state index contributed by atoms with van der Waals surface area (Å²) in [6.45, 7) is 1.96. The van der Waals surface area contributed by atoms with Crippen molar-refractivity contribution in [3.05, 3.63) is 35.6 Å². The Kier molecular flexibility index (Phi) is 6.34. The Bertz CT molecular complexity index is 476. The highest BCUT2D eigenvalue weighted by atomic mass is 19.1. The lowest BCUT2D eigenvalue weighted by atomic mass is 9.99. The zero-order chi connectivity index (χ0) is 15.9. The molecule has 122 valence electrons. The molecule has 0 spiro atoms. The number of benzene rings is 1. The molecular formula is C17H25FN2O2. The lowest BCUT2D eigenvalue weighted by Crippen LogP contribution is -2.46. The van der Waals surface area contributed by atoms with Crippen LogP contribution < -0.4 is 0 Å².